The number of allylic oxidation sites excluding steroid dienone is 2. The van der Waals surface area contributed by atoms with Gasteiger partial charge in [-0.15, -0.1) is 4.91 Å². The predicted octanol–water partition coefficient (Wildman–Crippen LogP) is 5.45. The van der Waals surface area contributed by atoms with Gasteiger partial charge < -0.3 is 9.13 Å². The topological polar surface area (TPSA) is 51.6 Å². The van der Waals surface area contributed by atoms with Crippen LogP contribution < -0.4 is 5.62 Å². The fourth-order valence-corrected chi connectivity index (χ4v) is 3.50. The minimum absolute atomic E-state index is 0.529. The van der Waals surface area contributed by atoms with E-state index < -0.39 is 0 Å². The monoisotopic (exact) mass is 394 g/mol. The molecule has 0 atom stereocenters. The van der Waals surface area contributed by atoms with Gasteiger partial charge in [0.2, 0.25) is 5.62 Å². The van der Waals surface area contributed by atoms with Crippen molar-refractivity contribution in [2.75, 3.05) is 0 Å². The molecule has 0 unspecified atom stereocenters. The van der Waals surface area contributed by atoms with Crippen LogP contribution in [0.1, 0.15) is 11.1 Å². The summed E-state index contributed by atoms with van der Waals surface area (Å²) >= 11 is 0. The van der Waals surface area contributed by atoms with Gasteiger partial charge in [-0.05, 0) is 23.3 Å². The molecule has 5 heteroatoms. The van der Waals surface area contributed by atoms with Crippen LogP contribution in [0.4, 0.5) is 0 Å². The first kappa shape index (κ1) is 19.3. The molecule has 1 aromatic heterocycles. The normalized spacial score (nSPS) is 11.5. The van der Waals surface area contributed by atoms with Crippen molar-refractivity contribution in [2.45, 2.75) is 13.1 Å². The van der Waals surface area contributed by atoms with E-state index >= 15 is 0 Å². The summed E-state index contributed by atoms with van der Waals surface area (Å²) in [5, 5.41) is 6.76. The van der Waals surface area contributed by atoms with Gasteiger partial charge in [-0.3, -0.25) is 0 Å². The van der Waals surface area contributed by atoms with Crippen LogP contribution in [0.15, 0.2) is 107 Å². The molecule has 0 N–H and O–H groups in total. The van der Waals surface area contributed by atoms with E-state index in [0.29, 0.717) is 18.7 Å². The predicted molar refractivity (Wildman–Crippen MR) is 122 cm³/mol. The van der Waals surface area contributed by atoms with Crippen molar-refractivity contribution in [2.24, 2.45) is 10.4 Å². The van der Waals surface area contributed by atoms with Crippen LogP contribution in [0, 0.1) is 4.91 Å². The Balaban J connectivity index is 1.70. The van der Waals surface area contributed by atoms with Gasteiger partial charge in [-0.1, -0.05) is 102 Å². The Bertz CT molecular complexity index is 1160. The third kappa shape index (κ3) is 4.36. The molecule has 5 nitrogen and oxygen atoms in total. The van der Waals surface area contributed by atoms with Crippen molar-refractivity contribution < 1.29 is 0 Å². The second-order valence-electron chi connectivity index (χ2n) is 6.82. The molecule has 0 bridgehead atoms. The van der Waals surface area contributed by atoms with Gasteiger partial charge in [0, 0.05) is 13.1 Å². The lowest BCUT2D eigenvalue weighted by Gasteiger charge is -2.01. The number of nitrogens with zero attached hydrogens (tertiary/aromatic N) is 4. The lowest BCUT2D eigenvalue weighted by atomic mass is 10.2. The fourth-order valence-electron chi connectivity index (χ4n) is 3.50. The Morgan fingerprint density at radius 1 is 0.633 bits per heavy atom. The smallest absolute Gasteiger partial charge is 0.234 e. The van der Waals surface area contributed by atoms with Crippen molar-refractivity contribution in [3.63, 3.8) is 0 Å². The number of imidazole rings is 1. The summed E-state index contributed by atoms with van der Waals surface area (Å²) < 4.78 is 4.01. The fraction of sp³-hybridized carbons (Fsp3) is 0.0800. The summed E-state index contributed by atoms with van der Waals surface area (Å²) in [6, 6.07) is 28.3. The van der Waals surface area contributed by atoms with Crippen LogP contribution in [-0.4, -0.2) is 9.13 Å². The molecule has 0 aliphatic heterocycles. The van der Waals surface area contributed by atoms with Gasteiger partial charge in [0.25, 0.3) is 0 Å². The van der Waals surface area contributed by atoms with E-state index in [1.165, 1.54) is 0 Å². The van der Waals surface area contributed by atoms with Crippen LogP contribution in [0.3, 0.4) is 0 Å². The third-order valence-corrected chi connectivity index (χ3v) is 4.87. The minimum atomic E-state index is 0.529. The van der Waals surface area contributed by atoms with Crippen LogP contribution in [-0.2, 0) is 13.1 Å². The van der Waals surface area contributed by atoms with Crippen LogP contribution in [0.25, 0.3) is 23.2 Å². The van der Waals surface area contributed by atoms with Crippen molar-refractivity contribution in [3.05, 3.63) is 119 Å². The first-order valence-electron chi connectivity index (χ1n) is 9.84. The molecule has 0 aliphatic carbocycles. The van der Waals surface area contributed by atoms with E-state index in [9.17, 15) is 4.91 Å². The lowest BCUT2D eigenvalue weighted by Crippen LogP contribution is -2.25. The van der Waals surface area contributed by atoms with Crippen LogP contribution in [0.5, 0.6) is 0 Å². The number of rotatable bonds is 7. The number of para-hydroxylation sites is 2. The van der Waals surface area contributed by atoms with Crippen molar-refractivity contribution in [1.29, 1.82) is 0 Å². The zero-order valence-electron chi connectivity index (χ0n) is 16.5. The molecule has 0 spiro atoms. The van der Waals surface area contributed by atoms with Gasteiger partial charge >= 0.3 is 0 Å². The highest BCUT2D eigenvalue weighted by Crippen LogP contribution is 2.14. The van der Waals surface area contributed by atoms with E-state index in [0.717, 1.165) is 22.2 Å². The highest BCUT2D eigenvalue weighted by molar-refractivity contribution is 5.76. The second-order valence-corrected chi connectivity index (χ2v) is 6.82. The molecular weight excluding hydrogens is 372 g/mol. The Hall–Kier alpha value is -3.99. The number of benzene rings is 3. The average Bonchev–Trinajstić information content (AvgIpc) is 3.08. The zero-order valence-corrected chi connectivity index (χ0v) is 16.5. The standard InChI is InChI=1S/C25H22N4O/c30-27-26-25-28(19-9-15-21-11-3-1-4-12-21)23-17-7-8-18-24(23)29(25)20-10-16-22-13-5-2-6-14-22/h1-18H,19-20H2/b15-9+,16-10+. The van der Waals surface area contributed by atoms with E-state index in [4.69, 9.17) is 0 Å². The van der Waals surface area contributed by atoms with E-state index in [1.807, 2.05) is 69.8 Å². The van der Waals surface area contributed by atoms with Crippen LogP contribution in [0.2, 0.25) is 0 Å². The molecule has 0 amide bonds. The molecule has 4 aromatic rings. The molecule has 0 saturated heterocycles. The third-order valence-electron chi connectivity index (χ3n) is 4.87. The number of aromatic nitrogens is 2. The van der Waals surface area contributed by atoms with Crippen LogP contribution >= 0.6 is 0 Å². The first-order chi connectivity index (χ1) is 14.9. The van der Waals surface area contributed by atoms with E-state index in [1.54, 1.807) is 0 Å². The molecule has 0 fully saturated rings. The zero-order chi connectivity index (χ0) is 20.6. The Morgan fingerprint density at radius 3 is 1.50 bits per heavy atom. The summed E-state index contributed by atoms with van der Waals surface area (Å²) in [6.45, 7) is 1.17. The van der Waals surface area contributed by atoms with Gasteiger partial charge in [-0.2, -0.15) is 0 Å². The number of hydrogen-bond donors (Lipinski definition) is 0. The SMILES string of the molecule is O=NN=c1n(C/C=C/c2ccccc2)c2ccccc2n1C/C=C/c1ccccc1. The summed E-state index contributed by atoms with van der Waals surface area (Å²) in [5.74, 6) is 0. The molecule has 0 saturated carbocycles. The Labute approximate surface area is 174 Å². The second kappa shape index (κ2) is 9.47. The molecule has 0 aliphatic rings. The highest BCUT2D eigenvalue weighted by Gasteiger charge is 2.10. The quantitative estimate of drug-likeness (QED) is 0.304. The maximum absolute atomic E-state index is 11.1. The lowest BCUT2D eigenvalue weighted by molar-refractivity contribution is 0.682. The Morgan fingerprint density at radius 2 is 1.07 bits per heavy atom. The van der Waals surface area contributed by atoms with Gasteiger partial charge in [0.05, 0.1) is 16.3 Å². The van der Waals surface area contributed by atoms with E-state index in [-0.39, 0.29) is 0 Å². The molecule has 30 heavy (non-hydrogen) atoms. The molecule has 0 radical (unpaired) electrons. The summed E-state index contributed by atoms with van der Waals surface area (Å²) in [5.41, 5.74) is 4.79. The van der Waals surface area contributed by atoms with Gasteiger partial charge in [0.1, 0.15) is 0 Å². The molecule has 1 heterocycles. The molecule has 4 rings (SSSR count). The Kier molecular flexibility index (Phi) is 6.11. The van der Waals surface area contributed by atoms with Crippen molar-refractivity contribution in [1.82, 2.24) is 9.13 Å². The maximum atomic E-state index is 11.1. The summed E-state index contributed by atoms with van der Waals surface area (Å²) in [4.78, 5) is 11.1. The van der Waals surface area contributed by atoms with E-state index in [2.05, 4.69) is 59.0 Å². The average molecular weight is 394 g/mol. The van der Waals surface area contributed by atoms with Gasteiger partial charge in [-0.25, -0.2) is 0 Å². The molecule has 148 valence electrons. The molecule has 3 aromatic carbocycles. The molecular formula is C25H22N4O. The number of fused-ring (bicyclic) bond motifs is 1. The largest absolute Gasteiger partial charge is 0.305 e. The van der Waals surface area contributed by atoms with Crippen molar-refractivity contribution in [3.8, 4) is 0 Å². The number of hydrogen-bond acceptors (Lipinski definition) is 2. The minimum Gasteiger partial charge on any atom is -0.305 e. The first-order valence-corrected chi connectivity index (χ1v) is 9.84. The summed E-state index contributed by atoms with van der Waals surface area (Å²) in [7, 11) is 0. The van der Waals surface area contributed by atoms with Gasteiger partial charge in [0.15, 0.2) is 0 Å². The maximum Gasteiger partial charge on any atom is 0.234 e. The number of nitroso groups, excluding NO2 is 1. The van der Waals surface area contributed by atoms with Crippen molar-refractivity contribution >= 4 is 23.2 Å². The summed E-state index contributed by atoms with van der Waals surface area (Å²) in [6.07, 6.45) is 8.25. The highest BCUT2D eigenvalue weighted by atomic mass is 16.3.